The third-order valence-corrected chi connectivity index (χ3v) is 6.33. The van der Waals surface area contributed by atoms with Crippen LogP contribution in [0.15, 0.2) is 48.5 Å². The maximum absolute atomic E-state index is 12.1. The summed E-state index contributed by atoms with van der Waals surface area (Å²) < 4.78 is 49.6. The number of hydrogen-bond donors (Lipinski definition) is 1. The molecule has 0 aromatic heterocycles. The fourth-order valence-corrected chi connectivity index (χ4v) is 4.69. The van der Waals surface area contributed by atoms with Gasteiger partial charge in [0.05, 0.1) is 31.6 Å². The summed E-state index contributed by atoms with van der Waals surface area (Å²) in [7, 11) is -2.89. The summed E-state index contributed by atoms with van der Waals surface area (Å²) in [5.41, 5.74) is 2.70. The second kappa shape index (κ2) is 10.1. The Morgan fingerprint density at radius 3 is 2.50 bits per heavy atom. The Balaban J connectivity index is 1.82. The molecule has 1 fully saturated rings. The van der Waals surface area contributed by atoms with E-state index in [9.17, 15) is 17.8 Å². The van der Waals surface area contributed by atoms with Gasteiger partial charge in [-0.1, -0.05) is 56.3 Å². The van der Waals surface area contributed by atoms with Crippen LogP contribution in [0.1, 0.15) is 59.5 Å². The van der Waals surface area contributed by atoms with Gasteiger partial charge in [-0.2, -0.15) is 8.42 Å². The lowest BCUT2D eigenvalue weighted by atomic mass is 9.91. The number of carbonyl (C=O) groups excluding carboxylic acids is 1. The summed E-state index contributed by atoms with van der Waals surface area (Å²) in [6.07, 6.45) is 0.339. The van der Waals surface area contributed by atoms with Crippen LogP contribution in [0.25, 0.3) is 0 Å². The Kier molecular flexibility index (Phi) is 7.71. The first-order valence-electron chi connectivity index (χ1n) is 10.5. The molecule has 0 spiro atoms. The highest BCUT2D eigenvalue weighted by Crippen LogP contribution is 2.33. The van der Waals surface area contributed by atoms with E-state index in [0.717, 1.165) is 16.7 Å². The standard InChI is InChI=1S/C24H30O7S/c1-24(2)15-30-23(31-16-24)19-9-6-8-18(13-19)20(14-32(26,27)28)12-11-17-7-4-5-10-21(17)22(25)29-3/h4-10,13,20,23H,11-12,14-16H2,1-3H3,(H,26,27,28). The summed E-state index contributed by atoms with van der Waals surface area (Å²) in [6, 6.07) is 14.5. The van der Waals surface area contributed by atoms with Crippen LogP contribution in [0.3, 0.4) is 0 Å². The fraction of sp³-hybridized carbons (Fsp3) is 0.458. The van der Waals surface area contributed by atoms with Gasteiger partial charge in [0.15, 0.2) is 6.29 Å². The van der Waals surface area contributed by atoms with E-state index in [1.807, 2.05) is 36.4 Å². The topological polar surface area (TPSA) is 99.1 Å². The molecule has 0 radical (unpaired) electrons. The minimum absolute atomic E-state index is 0.0609. The molecule has 3 rings (SSSR count). The number of rotatable bonds is 8. The van der Waals surface area contributed by atoms with Crippen molar-refractivity contribution >= 4 is 16.1 Å². The molecule has 0 amide bonds. The second-order valence-corrected chi connectivity index (χ2v) is 10.4. The zero-order chi connectivity index (χ0) is 23.4. The van der Waals surface area contributed by atoms with Crippen molar-refractivity contribution in [1.29, 1.82) is 0 Å². The molecular formula is C24H30O7S. The molecule has 2 aromatic carbocycles. The molecule has 1 unspecified atom stereocenters. The lowest BCUT2D eigenvalue weighted by Crippen LogP contribution is -2.33. The molecule has 2 aromatic rings. The van der Waals surface area contributed by atoms with E-state index in [1.165, 1.54) is 7.11 Å². The largest absolute Gasteiger partial charge is 0.465 e. The van der Waals surface area contributed by atoms with Crippen LogP contribution in [0, 0.1) is 5.41 Å². The minimum Gasteiger partial charge on any atom is -0.465 e. The quantitative estimate of drug-likeness (QED) is 0.465. The van der Waals surface area contributed by atoms with Crippen LogP contribution in [0.5, 0.6) is 0 Å². The van der Waals surface area contributed by atoms with Gasteiger partial charge in [-0.15, -0.1) is 0 Å². The molecule has 7 nitrogen and oxygen atoms in total. The molecule has 0 saturated carbocycles. The number of esters is 1. The third kappa shape index (κ3) is 6.62. The first-order chi connectivity index (χ1) is 15.1. The number of hydrogen-bond acceptors (Lipinski definition) is 6. The van der Waals surface area contributed by atoms with E-state index in [4.69, 9.17) is 14.2 Å². The van der Waals surface area contributed by atoms with E-state index in [1.54, 1.807) is 12.1 Å². The molecular weight excluding hydrogens is 432 g/mol. The predicted molar refractivity (Wildman–Crippen MR) is 120 cm³/mol. The first-order valence-corrected chi connectivity index (χ1v) is 12.1. The number of ether oxygens (including phenoxy) is 3. The van der Waals surface area contributed by atoms with Gasteiger partial charge in [0.1, 0.15) is 0 Å². The second-order valence-electron chi connectivity index (χ2n) is 8.92. The maximum atomic E-state index is 12.1. The Morgan fingerprint density at radius 2 is 1.84 bits per heavy atom. The zero-order valence-electron chi connectivity index (χ0n) is 18.6. The summed E-state index contributed by atoms with van der Waals surface area (Å²) in [4.78, 5) is 12.1. The van der Waals surface area contributed by atoms with Gasteiger partial charge in [-0.3, -0.25) is 4.55 Å². The monoisotopic (exact) mass is 462 g/mol. The van der Waals surface area contributed by atoms with Crippen molar-refractivity contribution < 1.29 is 32.0 Å². The number of benzene rings is 2. The van der Waals surface area contributed by atoms with Crippen molar-refractivity contribution in [3.63, 3.8) is 0 Å². The SMILES string of the molecule is COC(=O)c1ccccc1CCC(CS(=O)(=O)O)c1cccc(C2OCC(C)(C)CO2)c1. The molecule has 174 valence electrons. The van der Waals surface area contributed by atoms with Gasteiger partial charge < -0.3 is 14.2 Å². The van der Waals surface area contributed by atoms with Crippen LogP contribution in [-0.4, -0.2) is 45.0 Å². The van der Waals surface area contributed by atoms with E-state index in [2.05, 4.69) is 13.8 Å². The van der Waals surface area contributed by atoms with Crippen LogP contribution in [0.4, 0.5) is 0 Å². The third-order valence-electron chi connectivity index (χ3n) is 5.50. The highest BCUT2D eigenvalue weighted by molar-refractivity contribution is 7.85. The lowest BCUT2D eigenvalue weighted by molar-refractivity contribution is -0.226. The molecule has 1 N–H and O–H groups in total. The highest BCUT2D eigenvalue weighted by Gasteiger charge is 2.30. The van der Waals surface area contributed by atoms with E-state index in [-0.39, 0.29) is 5.41 Å². The normalized spacial score (nSPS) is 17.6. The van der Waals surface area contributed by atoms with Gasteiger partial charge in [0.25, 0.3) is 10.1 Å². The fourth-order valence-electron chi connectivity index (χ4n) is 3.82. The van der Waals surface area contributed by atoms with Crippen LogP contribution < -0.4 is 0 Å². The van der Waals surface area contributed by atoms with E-state index < -0.39 is 34.0 Å². The van der Waals surface area contributed by atoms with E-state index >= 15 is 0 Å². The molecule has 1 saturated heterocycles. The lowest BCUT2D eigenvalue weighted by Gasteiger charge is -2.35. The molecule has 0 aliphatic carbocycles. The van der Waals surface area contributed by atoms with Gasteiger partial charge in [0.2, 0.25) is 0 Å². The van der Waals surface area contributed by atoms with Crippen molar-refractivity contribution in [3.8, 4) is 0 Å². The van der Waals surface area contributed by atoms with Crippen LogP contribution in [0.2, 0.25) is 0 Å². The van der Waals surface area contributed by atoms with Crippen molar-refractivity contribution in [1.82, 2.24) is 0 Å². The molecule has 8 heteroatoms. The minimum atomic E-state index is -4.21. The Hall–Kier alpha value is -2.26. The Bertz CT molecular complexity index is 1040. The number of methoxy groups -OCH3 is 1. The predicted octanol–water partition coefficient (Wildman–Crippen LogP) is 4.15. The first kappa shape index (κ1) is 24.4. The zero-order valence-corrected chi connectivity index (χ0v) is 19.4. The van der Waals surface area contributed by atoms with Crippen molar-refractivity contribution in [2.75, 3.05) is 26.1 Å². The van der Waals surface area contributed by atoms with Gasteiger partial charge in [0, 0.05) is 16.9 Å². The smallest absolute Gasteiger partial charge is 0.338 e. The Labute approximate surface area is 189 Å². The summed E-state index contributed by atoms with van der Waals surface area (Å²) >= 11 is 0. The average Bonchev–Trinajstić information content (AvgIpc) is 2.75. The number of carbonyl (C=O) groups is 1. The Morgan fingerprint density at radius 1 is 1.16 bits per heavy atom. The average molecular weight is 463 g/mol. The van der Waals surface area contributed by atoms with Crippen LogP contribution in [-0.2, 0) is 30.7 Å². The highest BCUT2D eigenvalue weighted by atomic mass is 32.2. The van der Waals surface area contributed by atoms with Crippen molar-refractivity contribution in [2.45, 2.75) is 38.9 Å². The van der Waals surface area contributed by atoms with Gasteiger partial charge in [-0.25, -0.2) is 4.79 Å². The van der Waals surface area contributed by atoms with Crippen molar-refractivity contribution in [3.05, 3.63) is 70.8 Å². The van der Waals surface area contributed by atoms with Gasteiger partial charge >= 0.3 is 5.97 Å². The maximum Gasteiger partial charge on any atom is 0.338 e. The van der Waals surface area contributed by atoms with E-state index in [0.29, 0.717) is 31.6 Å². The molecule has 1 aliphatic rings. The van der Waals surface area contributed by atoms with Crippen LogP contribution >= 0.6 is 0 Å². The molecule has 1 atom stereocenters. The van der Waals surface area contributed by atoms with Gasteiger partial charge in [-0.05, 0) is 30.0 Å². The number of aryl methyl sites for hydroxylation is 1. The molecule has 1 aliphatic heterocycles. The van der Waals surface area contributed by atoms with Crippen molar-refractivity contribution in [2.24, 2.45) is 5.41 Å². The summed E-state index contributed by atoms with van der Waals surface area (Å²) in [5, 5.41) is 0. The summed E-state index contributed by atoms with van der Waals surface area (Å²) in [5.74, 6) is -1.34. The molecule has 0 bridgehead atoms. The molecule has 32 heavy (non-hydrogen) atoms. The summed E-state index contributed by atoms with van der Waals surface area (Å²) in [6.45, 7) is 5.24. The molecule has 1 heterocycles.